The number of rotatable bonds is 3. The number of halogens is 2. The fourth-order valence-corrected chi connectivity index (χ4v) is 3.63. The molecule has 0 unspecified atom stereocenters. The van der Waals surface area contributed by atoms with Crippen LogP contribution in [0.1, 0.15) is 10.4 Å². The molecular weight excluding hydrogens is 354 g/mol. The number of nitrogens with zero attached hydrogens (tertiary/aromatic N) is 1. The van der Waals surface area contributed by atoms with E-state index in [1.807, 2.05) is 36.4 Å². The first-order valence-corrected chi connectivity index (χ1v) is 8.65. The highest BCUT2D eigenvalue weighted by Crippen LogP contribution is 2.34. The number of nitrogens with one attached hydrogen (secondary N) is 1. The Hall–Kier alpha value is -3.12. The molecule has 4 rings (SSSR count). The normalized spacial score (nSPS) is 10.8. The van der Waals surface area contributed by atoms with Crippen molar-refractivity contribution in [1.82, 2.24) is 4.98 Å². The molecule has 6 heteroatoms. The Labute approximate surface area is 151 Å². The fraction of sp³-hybridized carbons (Fsp3) is 0. The predicted molar refractivity (Wildman–Crippen MR) is 99.4 cm³/mol. The number of carbonyl (C=O) groups is 1. The van der Waals surface area contributed by atoms with Crippen LogP contribution >= 0.6 is 11.3 Å². The molecule has 0 spiro atoms. The van der Waals surface area contributed by atoms with Crippen LogP contribution in [0.25, 0.3) is 20.8 Å². The molecule has 0 aliphatic rings. The van der Waals surface area contributed by atoms with Crippen LogP contribution in [0, 0.1) is 11.6 Å². The van der Waals surface area contributed by atoms with Crippen molar-refractivity contribution < 1.29 is 13.6 Å². The molecule has 4 aromatic rings. The summed E-state index contributed by atoms with van der Waals surface area (Å²) >= 11 is 1.50. The second-order valence-electron chi connectivity index (χ2n) is 5.61. The average Bonchev–Trinajstić information content (AvgIpc) is 3.08. The zero-order valence-corrected chi connectivity index (χ0v) is 14.2. The molecule has 0 atom stereocenters. The monoisotopic (exact) mass is 366 g/mol. The second kappa shape index (κ2) is 6.65. The summed E-state index contributed by atoms with van der Waals surface area (Å²) in [6.45, 7) is 0. The molecule has 0 saturated carbocycles. The number of fused-ring (bicyclic) bond motifs is 1. The maximum absolute atomic E-state index is 13.8. The van der Waals surface area contributed by atoms with Gasteiger partial charge in [0.1, 0.15) is 16.6 Å². The van der Waals surface area contributed by atoms with E-state index in [0.29, 0.717) is 5.69 Å². The van der Waals surface area contributed by atoms with Crippen LogP contribution in [-0.4, -0.2) is 10.9 Å². The van der Waals surface area contributed by atoms with Crippen LogP contribution < -0.4 is 5.32 Å². The van der Waals surface area contributed by atoms with Gasteiger partial charge < -0.3 is 5.32 Å². The van der Waals surface area contributed by atoms with E-state index >= 15 is 0 Å². The third-order valence-corrected chi connectivity index (χ3v) is 4.94. The number of aromatic nitrogens is 1. The Morgan fingerprint density at radius 2 is 1.73 bits per heavy atom. The van der Waals surface area contributed by atoms with Gasteiger partial charge in [0.15, 0.2) is 0 Å². The van der Waals surface area contributed by atoms with Crippen molar-refractivity contribution in [2.24, 2.45) is 0 Å². The second-order valence-corrected chi connectivity index (χ2v) is 6.64. The van der Waals surface area contributed by atoms with E-state index in [4.69, 9.17) is 0 Å². The van der Waals surface area contributed by atoms with Gasteiger partial charge in [-0.15, -0.1) is 11.3 Å². The van der Waals surface area contributed by atoms with Crippen LogP contribution in [0.4, 0.5) is 14.5 Å². The maximum atomic E-state index is 13.8. The van der Waals surface area contributed by atoms with Crippen LogP contribution in [-0.2, 0) is 0 Å². The Bertz CT molecular complexity index is 1090. The lowest BCUT2D eigenvalue weighted by atomic mass is 10.1. The molecule has 1 N–H and O–H groups in total. The van der Waals surface area contributed by atoms with Gasteiger partial charge in [-0.25, -0.2) is 13.8 Å². The third kappa shape index (κ3) is 3.07. The van der Waals surface area contributed by atoms with Gasteiger partial charge in [0.25, 0.3) is 5.91 Å². The third-order valence-electron chi connectivity index (χ3n) is 3.87. The Morgan fingerprint density at radius 1 is 0.962 bits per heavy atom. The molecule has 1 aromatic heterocycles. The number of carbonyl (C=O) groups excluding carboxylic acids is 1. The van der Waals surface area contributed by atoms with Gasteiger partial charge >= 0.3 is 0 Å². The lowest BCUT2D eigenvalue weighted by Gasteiger charge is -2.10. The quantitative estimate of drug-likeness (QED) is 0.521. The molecule has 0 aliphatic carbocycles. The van der Waals surface area contributed by atoms with Gasteiger partial charge in [0.05, 0.1) is 21.5 Å². The molecule has 0 aliphatic heterocycles. The summed E-state index contributed by atoms with van der Waals surface area (Å²) in [5, 5.41) is 3.40. The van der Waals surface area contributed by atoms with E-state index in [0.717, 1.165) is 39.0 Å². The highest BCUT2D eigenvalue weighted by molar-refractivity contribution is 7.21. The van der Waals surface area contributed by atoms with E-state index in [-0.39, 0.29) is 5.56 Å². The van der Waals surface area contributed by atoms with Crippen molar-refractivity contribution in [3.8, 4) is 10.6 Å². The number of hydrogen-bond acceptors (Lipinski definition) is 3. The molecule has 128 valence electrons. The Morgan fingerprint density at radius 3 is 2.58 bits per heavy atom. The van der Waals surface area contributed by atoms with E-state index in [1.54, 1.807) is 12.1 Å². The van der Waals surface area contributed by atoms with Gasteiger partial charge in [-0.3, -0.25) is 4.79 Å². The molecule has 0 bridgehead atoms. The minimum Gasteiger partial charge on any atom is -0.321 e. The summed E-state index contributed by atoms with van der Waals surface area (Å²) in [6.07, 6.45) is 0. The van der Waals surface area contributed by atoms with Crippen molar-refractivity contribution in [2.75, 3.05) is 5.32 Å². The van der Waals surface area contributed by atoms with E-state index < -0.39 is 17.5 Å². The van der Waals surface area contributed by atoms with Gasteiger partial charge in [-0.2, -0.15) is 0 Å². The number of para-hydroxylation sites is 2. The van der Waals surface area contributed by atoms with Crippen LogP contribution in [0.5, 0.6) is 0 Å². The molecule has 1 heterocycles. The van der Waals surface area contributed by atoms with Gasteiger partial charge in [-0.1, -0.05) is 24.3 Å². The zero-order valence-electron chi connectivity index (χ0n) is 13.4. The lowest BCUT2D eigenvalue weighted by molar-refractivity contribution is 0.102. The smallest absolute Gasteiger partial charge is 0.258 e. The average molecular weight is 366 g/mol. The van der Waals surface area contributed by atoms with Crippen molar-refractivity contribution in [2.45, 2.75) is 0 Å². The van der Waals surface area contributed by atoms with Crippen molar-refractivity contribution >= 4 is 33.1 Å². The number of amides is 1. The summed E-state index contributed by atoms with van der Waals surface area (Å²) < 4.78 is 28.2. The van der Waals surface area contributed by atoms with Crippen molar-refractivity contribution in [3.05, 3.63) is 83.9 Å². The summed E-state index contributed by atoms with van der Waals surface area (Å²) in [4.78, 5) is 17.0. The predicted octanol–water partition coefficient (Wildman–Crippen LogP) is 5.49. The van der Waals surface area contributed by atoms with E-state index in [2.05, 4.69) is 10.3 Å². The Balaban J connectivity index is 1.72. The van der Waals surface area contributed by atoms with E-state index in [9.17, 15) is 13.6 Å². The zero-order chi connectivity index (χ0) is 18.1. The molecule has 26 heavy (non-hydrogen) atoms. The molecule has 0 radical (unpaired) electrons. The first kappa shape index (κ1) is 16.4. The summed E-state index contributed by atoms with van der Waals surface area (Å²) in [5.74, 6) is -2.16. The highest BCUT2D eigenvalue weighted by atomic mass is 32.1. The van der Waals surface area contributed by atoms with Crippen LogP contribution in [0.2, 0.25) is 0 Å². The lowest BCUT2D eigenvalue weighted by Crippen LogP contribution is -2.14. The highest BCUT2D eigenvalue weighted by Gasteiger charge is 2.16. The molecule has 0 fully saturated rings. The van der Waals surface area contributed by atoms with Crippen LogP contribution in [0.3, 0.4) is 0 Å². The van der Waals surface area contributed by atoms with Gasteiger partial charge in [0.2, 0.25) is 0 Å². The molecular formula is C20H12F2N2OS. The first-order valence-electron chi connectivity index (χ1n) is 7.83. The fourth-order valence-electron chi connectivity index (χ4n) is 2.63. The number of thiazole rings is 1. The molecule has 3 nitrogen and oxygen atoms in total. The molecule has 1 amide bonds. The summed E-state index contributed by atoms with van der Waals surface area (Å²) in [7, 11) is 0. The SMILES string of the molecule is O=C(Nc1ccccc1-c1nc2ccccc2s1)c1cc(F)ccc1F. The largest absolute Gasteiger partial charge is 0.321 e. The van der Waals surface area contributed by atoms with Gasteiger partial charge in [-0.05, 0) is 42.5 Å². The van der Waals surface area contributed by atoms with Crippen molar-refractivity contribution in [3.63, 3.8) is 0 Å². The number of anilines is 1. The standard InChI is InChI=1S/C20H12F2N2OS/c21-12-9-10-15(22)14(11-12)19(25)23-16-6-2-1-5-13(16)20-24-17-7-3-4-8-18(17)26-20/h1-11H,(H,23,25). The van der Waals surface area contributed by atoms with Crippen molar-refractivity contribution in [1.29, 1.82) is 0 Å². The van der Waals surface area contributed by atoms with Crippen LogP contribution in [0.15, 0.2) is 66.7 Å². The molecule has 3 aromatic carbocycles. The maximum Gasteiger partial charge on any atom is 0.258 e. The summed E-state index contributed by atoms with van der Waals surface area (Å²) in [6, 6.07) is 17.6. The number of benzene rings is 3. The van der Waals surface area contributed by atoms with Gasteiger partial charge in [0, 0.05) is 5.56 Å². The topological polar surface area (TPSA) is 42.0 Å². The summed E-state index contributed by atoms with van der Waals surface area (Å²) in [5.41, 5.74) is 1.73. The number of hydrogen-bond donors (Lipinski definition) is 1. The van der Waals surface area contributed by atoms with E-state index in [1.165, 1.54) is 11.3 Å². The Kier molecular flexibility index (Phi) is 4.18. The first-order chi connectivity index (χ1) is 12.6. The minimum absolute atomic E-state index is 0.343. The minimum atomic E-state index is -0.777. The molecule has 0 saturated heterocycles.